The zero-order valence-electron chi connectivity index (χ0n) is 20.1. The summed E-state index contributed by atoms with van der Waals surface area (Å²) in [6.07, 6.45) is 3.58. The van der Waals surface area contributed by atoms with E-state index in [9.17, 15) is 4.79 Å². The van der Waals surface area contributed by atoms with Crippen molar-refractivity contribution in [3.05, 3.63) is 53.7 Å². The number of benzene rings is 1. The van der Waals surface area contributed by atoms with E-state index in [0.29, 0.717) is 23.2 Å². The fourth-order valence-electron chi connectivity index (χ4n) is 3.67. The third kappa shape index (κ3) is 5.87. The number of aromatic nitrogens is 4. The molecule has 1 aliphatic heterocycles. The number of hydrogen-bond acceptors (Lipinski definition) is 10. The number of nitrogens with one attached hydrogen (secondary N) is 1. The molecule has 0 atom stereocenters. The minimum atomic E-state index is -0.199. The van der Waals surface area contributed by atoms with Crippen LogP contribution in [0.15, 0.2) is 41.6 Å². The smallest absolute Gasteiger partial charge is 0.276 e. The number of piperazine rings is 1. The lowest BCUT2D eigenvalue weighted by Crippen LogP contribution is -2.44. The molecule has 0 spiro atoms. The Hall–Kier alpha value is -3.27. The second kappa shape index (κ2) is 11.0. The number of hydrogen-bond donors (Lipinski definition) is 1. The Balaban J connectivity index is 1.33. The SMILES string of the molecule is CSN(C)c1ncn(C)c1C(=O)Nc1ccc(SN2CCN(c3nc(C)cc(C#N)n3)CC2)cc1. The van der Waals surface area contributed by atoms with Gasteiger partial charge in [-0.25, -0.2) is 19.3 Å². The first-order valence-electron chi connectivity index (χ1n) is 11.0. The Labute approximate surface area is 213 Å². The summed E-state index contributed by atoms with van der Waals surface area (Å²) >= 11 is 3.18. The lowest BCUT2D eigenvalue weighted by molar-refractivity contribution is 0.102. The van der Waals surface area contributed by atoms with Gasteiger partial charge in [-0.3, -0.25) is 4.79 Å². The summed E-state index contributed by atoms with van der Waals surface area (Å²) in [5, 5.41) is 12.1. The van der Waals surface area contributed by atoms with Crippen LogP contribution < -0.4 is 14.5 Å². The summed E-state index contributed by atoms with van der Waals surface area (Å²) in [7, 11) is 3.69. The van der Waals surface area contributed by atoms with E-state index in [1.165, 1.54) is 11.9 Å². The topological polar surface area (TPSA) is 106 Å². The molecule has 35 heavy (non-hydrogen) atoms. The van der Waals surface area contributed by atoms with Gasteiger partial charge >= 0.3 is 0 Å². The van der Waals surface area contributed by atoms with Crippen LogP contribution in [-0.2, 0) is 7.05 Å². The average Bonchev–Trinajstić information content (AvgIpc) is 3.26. The van der Waals surface area contributed by atoms with Crippen molar-refractivity contribution in [3.8, 4) is 6.07 Å². The molecule has 1 aliphatic rings. The molecular weight excluding hydrogens is 482 g/mol. The maximum absolute atomic E-state index is 12.9. The van der Waals surface area contributed by atoms with Gasteiger partial charge in [0.15, 0.2) is 11.5 Å². The highest BCUT2D eigenvalue weighted by Crippen LogP contribution is 2.27. The Morgan fingerprint density at radius 2 is 1.89 bits per heavy atom. The third-order valence-corrected chi connectivity index (χ3v) is 7.36. The minimum absolute atomic E-state index is 0.199. The van der Waals surface area contributed by atoms with Crippen LogP contribution in [0.5, 0.6) is 0 Å². The molecule has 1 amide bonds. The van der Waals surface area contributed by atoms with E-state index in [1.807, 2.05) is 55.8 Å². The number of imidazole rings is 1. The van der Waals surface area contributed by atoms with Crippen molar-refractivity contribution in [2.45, 2.75) is 11.8 Å². The molecule has 0 radical (unpaired) electrons. The molecule has 0 aliphatic carbocycles. The number of carbonyl (C=O) groups is 1. The van der Waals surface area contributed by atoms with E-state index in [-0.39, 0.29) is 5.91 Å². The lowest BCUT2D eigenvalue weighted by atomic mass is 10.3. The number of anilines is 3. The normalized spacial score (nSPS) is 14.0. The van der Waals surface area contributed by atoms with E-state index in [0.717, 1.165) is 42.5 Å². The zero-order chi connectivity index (χ0) is 24.9. The highest BCUT2D eigenvalue weighted by molar-refractivity contribution is 7.99. The van der Waals surface area contributed by atoms with Gasteiger partial charge in [-0.15, -0.1) is 0 Å². The predicted molar refractivity (Wildman–Crippen MR) is 141 cm³/mol. The number of carbonyl (C=O) groups excluding carboxylic acids is 1. The molecule has 182 valence electrons. The van der Waals surface area contributed by atoms with Gasteiger partial charge in [-0.1, -0.05) is 11.9 Å². The van der Waals surface area contributed by atoms with E-state index in [4.69, 9.17) is 5.26 Å². The van der Waals surface area contributed by atoms with Crippen molar-refractivity contribution in [1.29, 1.82) is 5.26 Å². The van der Waals surface area contributed by atoms with Crippen LogP contribution in [0, 0.1) is 18.3 Å². The van der Waals surface area contributed by atoms with E-state index >= 15 is 0 Å². The summed E-state index contributed by atoms with van der Waals surface area (Å²) in [6.45, 7) is 5.13. The largest absolute Gasteiger partial charge is 0.338 e. The van der Waals surface area contributed by atoms with E-state index in [2.05, 4.69) is 35.5 Å². The van der Waals surface area contributed by atoms with Gasteiger partial charge in [-0.05, 0) is 49.2 Å². The zero-order valence-corrected chi connectivity index (χ0v) is 21.7. The van der Waals surface area contributed by atoms with Crippen LogP contribution >= 0.6 is 23.9 Å². The standard InChI is InChI=1S/C23H27N9OS2/c1-16-13-18(14-24)28-23(26-16)31-9-11-32(12-10-31)35-19-7-5-17(6-8-19)27-22(33)20-21(30(3)34-4)25-15-29(20)2/h5-8,13,15H,9-12H2,1-4H3,(H,27,33). The molecule has 1 saturated heterocycles. The second-order valence-corrected chi connectivity index (χ2v) is 10.1. The molecule has 4 rings (SSSR count). The van der Waals surface area contributed by atoms with Crippen LogP contribution in [0.3, 0.4) is 0 Å². The Kier molecular flexibility index (Phi) is 7.80. The summed E-state index contributed by atoms with van der Waals surface area (Å²) in [5.41, 5.74) is 2.43. The first kappa shape index (κ1) is 24.8. The maximum Gasteiger partial charge on any atom is 0.276 e. The van der Waals surface area contributed by atoms with Crippen LogP contribution in [0.1, 0.15) is 21.9 Å². The Bertz CT molecular complexity index is 1230. The number of rotatable bonds is 7. The molecule has 3 aromatic rings. The molecule has 0 saturated carbocycles. The number of amides is 1. The fourth-order valence-corrected chi connectivity index (χ4v) is 4.87. The molecule has 12 heteroatoms. The fraction of sp³-hybridized carbons (Fsp3) is 0.348. The number of aryl methyl sites for hydroxylation is 2. The second-order valence-electron chi connectivity index (χ2n) is 8.00. The quantitative estimate of drug-likeness (QED) is 0.477. The van der Waals surface area contributed by atoms with Gasteiger partial charge in [0.1, 0.15) is 11.8 Å². The molecule has 1 fully saturated rings. The van der Waals surface area contributed by atoms with Crippen molar-refractivity contribution in [3.63, 3.8) is 0 Å². The molecule has 0 unspecified atom stereocenters. The van der Waals surface area contributed by atoms with E-state index < -0.39 is 0 Å². The first-order chi connectivity index (χ1) is 16.9. The molecule has 10 nitrogen and oxygen atoms in total. The van der Waals surface area contributed by atoms with Crippen LogP contribution in [0.2, 0.25) is 0 Å². The van der Waals surface area contributed by atoms with Crippen molar-refractivity contribution in [2.75, 3.05) is 54.0 Å². The van der Waals surface area contributed by atoms with Gasteiger partial charge in [0.2, 0.25) is 5.95 Å². The predicted octanol–water partition coefficient (Wildman–Crippen LogP) is 3.19. The molecule has 1 N–H and O–H groups in total. The van der Waals surface area contributed by atoms with Crippen molar-refractivity contribution < 1.29 is 4.79 Å². The average molecular weight is 510 g/mol. The maximum atomic E-state index is 12.9. The highest BCUT2D eigenvalue weighted by atomic mass is 32.2. The van der Waals surface area contributed by atoms with Crippen LogP contribution in [0.4, 0.5) is 17.5 Å². The summed E-state index contributed by atoms with van der Waals surface area (Å²) in [5.74, 6) is 1.05. The van der Waals surface area contributed by atoms with Gasteiger partial charge in [0, 0.05) is 62.8 Å². The van der Waals surface area contributed by atoms with Crippen LogP contribution in [-0.4, -0.2) is 69.2 Å². The molecule has 3 heterocycles. The summed E-state index contributed by atoms with van der Waals surface area (Å²) < 4.78 is 5.89. The summed E-state index contributed by atoms with van der Waals surface area (Å²) in [4.78, 5) is 29.3. The van der Waals surface area contributed by atoms with Crippen molar-refractivity contribution in [1.82, 2.24) is 23.8 Å². The third-order valence-electron chi connectivity index (χ3n) is 5.53. The van der Waals surface area contributed by atoms with Gasteiger partial charge < -0.3 is 19.1 Å². The number of nitriles is 1. The molecule has 0 bridgehead atoms. The highest BCUT2D eigenvalue weighted by Gasteiger charge is 2.22. The lowest BCUT2D eigenvalue weighted by Gasteiger charge is -2.33. The van der Waals surface area contributed by atoms with Crippen molar-refractivity contribution >= 4 is 47.3 Å². The first-order valence-corrected chi connectivity index (χ1v) is 13.0. The molecule has 2 aromatic heterocycles. The summed E-state index contributed by atoms with van der Waals surface area (Å²) in [6, 6.07) is 11.6. The van der Waals surface area contributed by atoms with Crippen molar-refractivity contribution in [2.24, 2.45) is 7.05 Å². The Morgan fingerprint density at radius 3 is 2.54 bits per heavy atom. The minimum Gasteiger partial charge on any atom is -0.338 e. The molecule has 1 aromatic carbocycles. The van der Waals surface area contributed by atoms with Gasteiger partial charge in [0.05, 0.1) is 6.33 Å². The van der Waals surface area contributed by atoms with Gasteiger partial charge in [-0.2, -0.15) is 5.26 Å². The van der Waals surface area contributed by atoms with Gasteiger partial charge in [0.25, 0.3) is 5.91 Å². The molecular formula is C23H27N9OS2. The van der Waals surface area contributed by atoms with E-state index in [1.54, 1.807) is 28.9 Å². The number of nitrogens with zero attached hydrogens (tertiary/aromatic N) is 8. The van der Waals surface area contributed by atoms with Crippen LogP contribution in [0.25, 0.3) is 0 Å². The Morgan fingerprint density at radius 1 is 1.17 bits per heavy atom. The monoisotopic (exact) mass is 509 g/mol.